The Hall–Kier alpha value is -2.93. The molecule has 1 aliphatic heterocycles. The van der Waals surface area contributed by atoms with Crippen LogP contribution in [-0.4, -0.2) is 34.7 Å². The second-order valence-corrected chi connectivity index (χ2v) is 7.23. The Kier molecular flexibility index (Phi) is 5.94. The lowest BCUT2D eigenvalue weighted by atomic mass is 9.96. The predicted octanol–water partition coefficient (Wildman–Crippen LogP) is 4.05. The third kappa shape index (κ3) is 4.31. The van der Waals surface area contributed by atoms with Crippen LogP contribution in [0.25, 0.3) is 0 Å². The van der Waals surface area contributed by atoms with Gasteiger partial charge in [-0.2, -0.15) is 0 Å². The SMILES string of the molecule is Cc1c(NC(=O)C2CCCN(C(=O)c3ccc(Cl)cc3)C2)cccc1[N+](=O)[O-]. The average molecular weight is 402 g/mol. The van der Waals surface area contributed by atoms with Gasteiger partial charge in [-0.3, -0.25) is 19.7 Å². The van der Waals surface area contributed by atoms with Crippen molar-refractivity contribution >= 4 is 34.8 Å². The predicted molar refractivity (Wildman–Crippen MR) is 107 cm³/mol. The number of hydrogen-bond acceptors (Lipinski definition) is 4. The molecule has 2 aromatic rings. The number of rotatable bonds is 4. The molecule has 0 aromatic heterocycles. The average Bonchev–Trinajstić information content (AvgIpc) is 2.69. The van der Waals surface area contributed by atoms with Gasteiger partial charge in [0, 0.05) is 29.7 Å². The first-order valence-electron chi connectivity index (χ1n) is 8.96. The van der Waals surface area contributed by atoms with Crippen LogP contribution in [0.3, 0.4) is 0 Å². The van der Waals surface area contributed by atoms with E-state index in [-0.39, 0.29) is 23.4 Å². The van der Waals surface area contributed by atoms with Crippen molar-refractivity contribution in [1.82, 2.24) is 4.90 Å². The topological polar surface area (TPSA) is 92.6 Å². The van der Waals surface area contributed by atoms with Crippen molar-refractivity contribution in [1.29, 1.82) is 0 Å². The maximum Gasteiger partial charge on any atom is 0.274 e. The summed E-state index contributed by atoms with van der Waals surface area (Å²) in [6.07, 6.45) is 1.37. The molecule has 0 spiro atoms. The van der Waals surface area contributed by atoms with E-state index >= 15 is 0 Å². The van der Waals surface area contributed by atoms with Gasteiger partial charge < -0.3 is 10.2 Å². The number of carbonyl (C=O) groups is 2. The van der Waals surface area contributed by atoms with Gasteiger partial charge in [0.2, 0.25) is 5.91 Å². The number of nitro benzene ring substituents is 1. The molecule has 1 N–H and O–H groups in total. The maximum absolute atomic E-state index is 12.7. The molecule has 3 rings (SSSR count). The molecule has 8 heteroatoms. The standard InChI is InChI=1S/C20H20ClN3O4/c1-13-17(5-2-6-18(13)24(27)28)22-19(25)15-4-3-11-23(12-15)20(26)14-7-9-16(21)10-8-14/h2,5-10,15H,3-4,11-12H2,1H3,(H,22,25). The third-order valence-corrected chi connectivity index (χ3v) is 5.18. The van der Waals surface area contributed by atoms with Crippen molar-refractivity contribution in [2.45, 2.75) is 19.8 Å². The van der Waals surface area contributed by atoms with Gasteiger partial charge >= 0.3 is 0 Å². The van der Waals surface area contributed by atoms with Crippen molar-refractivity contribution in [3.63, 3.8) is 0 Å². The van der Waals surface area contributed by atoms with Crippen LogP contribution in [0.1, 0.15) is 28.8 Å². The van der Waals surface area contributed by atoms with E-state index in [4.69, 9.17) is 11.6 Å². The monoisotopic (exact) mass is 401 g/mol. The molecule has 1 saturated heterocycles. The first kappa shape index (κ1) is 19.8. The van der Waals surface area contributed by atoms with E-state index < -0.39 is 4.92 Å². The molecule has 28 heavy (non-hydrogen) atoms. The molecule has 0 bridgehead atoms. The van der Waals surface area contributed by atoms with Crippen molar-refractivity contribution < 1.29 is 14.5 Å². The molecular weight excluding hydrogens is 382 g/mol. The summed E-state index contributed by atoms with van der Waals surface area (Å²) in [4.78, 5) is 37.7. The molecule has 7 nitrogen and oxygen atoms in total. The Morgan fingerprint density at radius 3 is 2.61 bits per heavy atom. The first-order chi connectivity index (χ1) is 13.4. The number of carbonyl (C=O) groups excluding carboxylic acids is 2. The number of likely N-dealkylation sites (tertiary alicyclic amines) is 1. The molecular formula is C20H20ClN3O4. The van der Waals surface area contributed by atoms with E-state index in [1.807, 2.05) is 0 Å². The Balaban J connectivity index is 1.69. The highest BCUT2D eigenvalue weighted by atomic mass is 35.5. The van der Waals surface area contributed by atoms with Crippen LogP contribution in [0.2, 0.25) is 5.02 Å². The van der Waals surface area contributed by atoms with Gasteiger partial charge in [-0.25, -0.2) is 0 Å². The zero-order valence-electron chi connectivity index (χ0n) is 15.4. The number of amides is 2. The summed E-state index contributed by atoms with van der Waals surface area (Å²) in [5, 5.41) is 14.4. The van der Waals surface area contributed by atoms with Crippen molar-refractivity contribution in [3.05, 3.63) is 68.7 Å². The van der Waals surface area contributed by atoms with Crippen LogP contribution in [0.15, 0.2) is 42.5 Å². The summed E-state index contributed by atoms with van der Waals surface area (Å²) < 4.78 is 0. The van der Waals surface area contributed by atoms with Crippen molar-refractivity contribution in [3.8, 4) is 0 Å². The van der Waals surface area contributed by atoms with Crippen molar-refractivity contribution in [2.75, 3.05) is 18.4 Å². The highest BCUT2D eigenvalue weighted by Crippen LogP contribution is 2.27. The molecule has 1 fully saturated rings. The molecule has 0 aliphatic carbocycles. The number of piperidine rings is 1. The number of nitrogens with one attached hydrogen (secondary N) is 1. The molecule has 1 heterocycles. The maximum atomic E-state index is 12.7. The molecule has 1 atom stereocenters. The molecule has 146 valence electrons. The number of benzene rings is 2. The zero-order chi connectivity index (χ0) is 20.3. The van der Waals surface area contributed by atoms with Gasteiger partial charge in [0.1, 0.15) is 0 Å². The van der Waals surface area contributed by atoms with Crippen LogP contribution in [0.5, 0.6) is 0 Å². The third-order valence-electron chi connectivity index (χ3n) is 4.93. The summed E-state index contributed by atoms with van der Waals surface area (Å²) in [5.41, 5.74) is 1.31. The van der Waals surface area contributed by atoms with Gasteiger partial charge in [-0.05, 0) is 50.1 Å². The summed E-state index contributed by atoms with van der Waals surface area (Å²) in [6, 6.07) is 11.2. The van der Waals surface area contributed by atoms with E-state index in [9.17, 15) is 19.7 Å². The van der Waals surface area contributed by atoms with Crippen LogP contribution < -0.4 is 5.32 Å². The van der Waals surface area contributed by atoms with E-state index in [0.717, 1.165) is 0 Å². The quantitative estimate of drug-likeness (QED) is 0.617. The highest BCUT2D eigenvalue weighted by molar-refractivity contribution is 6.30. The Bertz CT molecular complexity index is 914. The van der Waals surface area contributed by atoms with Crippen LogP contribution in [-0.2, 0) is 4.79 Å². The minimum atomic E-state index is -0.474. The molecule has 1 aliphatic rings. The van der Waals surface area contributed by atoms with Gasteiger partial charge in [0.25, 0.3) is 11.6 Å². The second kappa shape index (κ2) is 8.39. The van der Waals surface area contributed by atoms with Gasteiger partial charge in [-0.15, -0.1) is 0 Å². The molecule has 0 saturated carbocycles. The van der Waals surface area contributed by atoms with E-state index in [0.29, 0.717) is 47.8 Å². The molecule has 2 amide bonds. The van der Waals surface area contributed by atoms with Crippen molar-refractivity contribution in [2.24, 2.45) is 5.92 Å². The Labute approximate surface area is 167 Å². The number of anilines is 1. The minimum absolute atomic E-state index is 0.0408. The summed E-state index contributed by atoms with van der Waals surface area (Å²) in [5.74, 6) is -0.749. The highest BCUT2D eigenvalue weighted by Gasteiger charge is 2.29. The minimum Gasteiger partial charge on any atom is -0.338 e. The number of halogens is 1. The summed E-state index contributed by atoms with van der Waals surface area (Å²) in [6.45, 7) is 2.49. The van der Waals surface area contributed by atoms with Gasteiger partial charge in [-0.1, -0.05) is 17.7 Å². The summed E-state index contributed by atoms with van der Waals surface area (Å²) >= 11 is 5.87. The molecule has 1 unspecified atom stereocenters. The number of nitro groups is 1. The summed E-state index contributed by atoms with van der Waals surface area (Å²) in [7, 11) is 0. The Morgan fingerprint density at radius 1 is 1.21 bits per heavy atom. The second-order valence-electron chi connectivity index (χ2n) is 6.79. The first-order valence-corrected chi connectivity index (χ1v) is 9.34. The lowest BCUT2D eigenvalue weighted by Crippen LogP contribution is -2.43. The van der Waals surface area contributed by atoms with E-state index in [1.54, 1.807) is 42.2 Å². The van der Waals surface area contributed by atoms with E-state index in [1.165, 1.54) is 12.1 Å². The molecule has 0 radical (unpaired) electrons. The smallest absolute Gasteiger partial charge is 0.274 e. The van der Waals surface area contributed by atoms with Crippen LogP contribution in [0, 0.1) is 23.0 Å². The van der Waals surface area contributed by atoms with Crippen LogP contribution >= 0.6 is 11.6 Å². The zero-order valence-corrected chi connectivity index (χ0v) is 16.1. The lowest BCUT2D eigenvalue weighted by molar-refractivity contribution is -0.385. The Morgan fingerprint density at radius 2 is 1.93 bits per heavy atom. The fourth-order valence-electron chi connectivity index (χ4n) is 3.34. The number of nitrogens with zero attached hydrogens (tertiary/aromatic N) is 2. The van der Waals surface area contributed by atoms with Gasteiger partial charge in [0.05, 0.1) is 22.1 Å². The fourth-order valence-corrected chi connectivity index (χ4v) is 3.47. The van der Waals surface area contributed by atoms with Gasteiger partial charge in [0.15, 0.2) is 0 Å². The van der Waals surface area contributed by atoms with E-state index in [2.05, 4.69) is 5.32 Å². The fraction of sp³-hybridized carbons (Fsp3) is 0.300. The van der Waals surface area contributed by atoms with Crippen LogP contribution in [0.4, 0.5) is 11.4 Å². The molecule has 2 aromatic carbocycles. The lowest BCUT2D eigenvalue weighted by Gasteiger charge is -2.32. The largest absolute Gasteiger partial charge is 0.338 e. The normalized spacial score (nSPS) is 16.5. The number of hydrogen-bond donors (Lipinski definition) is 1.